The topological polar surface area (TPSA) is 130 Å². The number of amides is 3. The van der Waals surface area contributed by atoms with Crippen molar-refractivity contribution in [3.63, 3.8) is 0 Å². The first-order chi connectivity index (χ1) is 11.3. The minimum atomic E-state index is -0.935. The molecule has 2 aromatic rings. The molecule has 10 nitrogen and oxygen atoms in total. The summed E-state index contributed by atoms with van der Waals surface area (Å²) in [5, 5.41) is 6.46. The second-order valence-electron chi connectivity index (χ2n) is 5.54. The normalized spacial score (nSPS) is 10.7. The first kappa shape index (κ1) is 17.3. The van der Waals surface area contributed by atoms with Crippen molar-refractivity contribution in [2.24, 2.45) is 0 Å². The van der Waals surface area contributed by atoms with Crippen LogP contribution in [0.1, 0.15) is 30.8 Å². The highest BCUT2D eigenvalue weighted by molar-refractivity contribution is 6.35. The molecular formula is C14H19N7O3. The maximum atomic E-state index is 12.0. The van der Waals surface area contributed by atoms with Crippen LogP contribution in [0.5, 0.6) is 0 Å². The Kier molecular flexibility index (Phi) is 5.07. The molecule has 128 valence electrons. The zero-order valence-electron chi connectivity index (χ0n) is 13.9. The number of rotatable bonds is 3. The number of hydrogen-bond donors (Lipinski definition) is 3. The molecule has 0 saturated heterocycles. The lowest BCUT2D eigenvalue weighted by Gasteiger charge is -2.12. The van der Waals surface area contributed by atoms with Crippen molar-refractivity contribution >= 4 is 23.5 Å². The van der Waals surface area contributed by atoms with Crippen LogP contribution in [-0.4, -0.2) is 43.3 Å². The number of hydrogen-bond acceptors (Lipinski definition) is 6. The molecule has 2 aromatic heterocycles. The van der Waals surface area contributed by atoms with Gasteiger partial charge in [0.15, 0.2) is 0 Å². The number of aryl methyl sites for hydroxylation is 2. The van der Waals surface area contributed by atoms with Crippen LogP contribution < -0.4 is 16.2 Å². The quantitative estimate of drug-likeness (QED) is 0.485. The van der Waals surface area contributed by atoms with Gasteiger partial charge in [-0.15, -0.1) is 0 Å². The number of hydrazine groups is 1. The fourth-order valence-electron chi connectivity index (χ4n) is 2.13. The van der Waals surface area contributed by atoms with Crippen molar-refractivity contribution in [1.29, 1.82) is 0 Å². The molecule has 2 heterocycles. The average Bonchev–Trinajstić information content (AvgIpc) is 2.96. The summed E-state index contributed by atoms with van der Waals surface area (Å²) in [6, 6.07) is -0.176. The summed E-state index contributed by atoms with van der Waals surface area (Å²) in [5.41, 5.74) is 6.33. The van der Waals surface area contributed by atoms with Crippen molar-refractivity contribution in [2.75, 3.05) is 0 Å². The van der Waals surface area contributed by atoms with Crippen LogP contribution >= 0.6 is 0 Å². The van der Waals surface area contributed by atoms with Crippen molar-refractivity contribution in [3.05, 3.63) is 23.3 Å². The minimum absolute atomic E-state index is 0.0213. The van der Waals surface area contributed by atoms with Crippen LogP contribution in [0.25, 0.3) is 5.78 Å². The van der Waals surface area contributed by atoms with E-state index in [0.29, 0.717) is 17.0 Å². The Morgan fingerprint density at radius 1 is 1.17 bits per heavy atom. The molecular weight excluding hydrogens is 314 g/mol. The third kappa shape index (κ3) is 3.83. The molecule has 0 fully saturated rings. The van der Waals surface area contributed by atoms with Crippen molar-refractivity contribution in [1.82, 2.24) is 35.8 Å². The fraction of sp³-hybridized carbons (Fsp3) is 0.429. The zero-order chi connectivity index (χ0) is 17.9. The molecule has 0 saturated carbocycles. The first-order valence-corrected chi connectivity index (χ1v) is 7.35. The van der Waals surface area contributed by atoms with E-state index in [9.17, 15) is 14.4 Å². The molecule has 3 N–H and O–H groups in total. The summed E-state index contributed by atoms with van der Waals surface area (Å²) in [6.07, 6.45) is 1.36. The van der Waals surface area contributed by atoms with Crippen LogP contribution in [0.4, 0.5) is 0 Å². The van der Waals surface area contributed by atoms with Gasteiger partial charge < -0.3 is 5.32 Å². The molecule has 0 aliphatic heterocycles. The summed E-state index contributed by atoms with van der Waals surface area (Å²) >= 11 is 0. The van der Waals surface area contributed by atoms with Gasteiger partial charge >= 0.3 is 11.8 Å². The average molecular weight is 333 g/mol. The van der Waals surface area contributed by atoms with Crippen molar-refractivity contribution < 1.29 is 14.4 Å². The Morgan fingerprint density at radius 2 is 1.88 bits per heavy atom. The van der Waals surface area contributed by atoms with Gasteiger partial charge in [0.05, 0.1) is 6.42 Å². The summed E-state index contributed by atoms with van der Waals surface area (Å²) in [7, 11) is 0. The lowest BCUT2D eigenvalue weighted by atomic mass is 10.1. The van der Waals surface area contributed by atoms with E-state index in [-0.39, 0.29) is 12.5 Å². The molecule has 0 radical (unpaired) electrons. The Bertz CT molecular complexity index is 797. The highest BCUT2D eigenvalue weighted by atomic mass is 16.2. The van der Waals surface area contributed by atoms with Crippen LogP contribution in [0.3, 0.4) is 0 Å². The second kappa shape index (κ2) is 7.02. The lowest BCUT2D eigenvalue weighted by molar-refractivity contribution is -0.141. The molecule has 0 atom stereocenters. The molecule has 10 heteroatoms. The minimum Gasteiger partial charge on any atom is -0.346 e. The maximum Gasteiger partial charge on any atom is 0.327 e. The number of carbonyl (C=O) groups excluding carboxylic acids is 3. The van der Waals surface area contributed by atoms with E-state index < -0.39 is 17.7 Å². The molecule has 24 heavy (non-hydrogen) atoms. The largest absolute Gasteiger partial charge is 0.346 e. The van der Waals surface area contributed by atoms with Gasteiger partial charge in [-0.3, -0.25) is 25.2 Å². The molecule has 0 aliphatic carbocycles. The maximum absolute atomic E-state index is 12.0. The van der Waals surface area contributed by atoms with Crippen LogP contribution in [0.15, 0.2) is 6.33 Å². The molecule has 0 aromatic carbocycles. The molecule has 2 rings (SSSR count). The molecule has 0 bridgehead atoms. The summed E-state index contributed by atoms with van der Waals surface area (Å²) in [4.78, 5) is 43.3. The zero-order valence-corrected chi connectivity index (χ0v) is 13.9. The second-order valence-corrected chi connectivity index (χ2v) is 5.54. The number of aromatic nitrogens is 4. The van der Waals surface area contributed by atoms with Gasteiger partial charge in [-0.25, -0.2) is 9.50 Å². The summed E-state index contributed by atoms with van der Waals surface area (Å²) in [5.74, 6) is -1.78. The van der Waals surface area contributed by atoms with E-state index in [0.717, 1.165) is 5.69 Å². The monoisotopic (exact) mass is 333 g/mol. The van der Waals surface area contributed by atoms with Crippen LogP contribution in [0.2, 0.25) is 0 Å². The number of fused-ring (bicyclic) bond motifs is 1. The number of nitrogens with one attached hydrogen (secondary N) is 3. The third-order valence-electron chi connectivity index (χ3n) is 3.27. The molecule has 0 spiro atoms. The van der Waals surface area contributed by atoms with Gasteiger partial charge in [0, 0.05) is 23.0 Å². The van der Waals surface area contributed by atoms with Gasteiger partial charge in [0.2, 0.25) is 5.91 Å². The van der Waals surface area contributed by atoms with Gasteiger partial charge in [-0.05, 0) is 27.7 Å². The van der Waals surface area contributed by atoms with Crippen molar-refractivity contribution in [2.45, 2.75) is 40.2 Å². The van der Waals surface area contributed by atoms with E-state index in [2.05, 4.69) is 31.2 Å². The Balaban J connectivity index is 2.00. The Hall–Kier alpha value is -3.04. The first-order valence-electron chi connectivity index (χ1n) is 7.35. The van der Waals surface area contributed by atoms with Gasteiger partial charge in [0.25, 0.3) is 5.78 Å². The highest BCUT2D eigenvalue weighted by Crippen LogP contribution is 2.13. The van der Waals surface area contributed by atoms with Crippen molar-refractivity contribution in [3.8, 4) is 0 Å². The standard InChI is InChI=1S/C14H19N7O3/c1-7(2)17-12(23)13(24)20-19-11(22)5-10-8(3)18-14-15-6-16-21(14)9(10)4/h6-7H,5H2,1-4H3,(H,17,23)(H,19,22)(H,20,24). The van der Waals surface area contributed by atoms with Gasteiger partial charge in [-0.2, -0.15) is 10.1 Å². The fourth-order valence-corrected chi connectivity index (χ4v) is 2.13. The number of nitrogens with zero attached hydrogens (tertiary/aromatic N) is 4. The molecule has 3 amide bonds. The van der Waals surface area contributed by atoms with Crippen LogP contribution in [0, 0.1) is 13.8 Å². The highest BCUT2D eigenvalue weighted by Gasteiger charge is 2.17. The van der Waals surface area contributed by atoms with E-state index in [1.165, 1.54) is 10.8 Å². The smallest absolute Gasteiger partial charge is 0.327 e. The van der Waals surface area contributed by atoms with E-state index in [4.69, 9.17) is 0 Å². The van der Waals surface area contributed by atoms with E-state index in [1.807, 2.05) is 0 Å². The Morgan fingerprint density at radius 3 is 2.54 bits per heavy atom. The molecule has 0 unspecified atom stereocenters. The Labute approximate surface area is 138 Å². The van der Waals surface area contributed by atoms with Gasteiger partial charge in [-0.1, -0.05) is 0 Å². The third-order valence-corrected chi connectivity index (χ3v) is 3.27. The number of carbonyl (C=O) groups is 3. The van der Waals surface area contributed by atoms with Crippen LogP contribution in [-0.2, 0) is 20.8 Å². The van der Waals surface area contributed by atoms with Gasteiger partial charge in [0.1, 0.15) is 6.33 Å². The summed E-state index contributed by atoms with van der Waals surface area (Å²) < 4.78 is 1.53. The lowest BCUT2D eigenvalue weighted by Crippen LogP contribution is -2.50. The SMILES string of the molecule is Cc1nc2ncnn2c(C)c1CC(=O)NNC(=O)C(=O)NC(C)C. The predicted octanol–water partition coefficient (Wildman–Crippen LogP) is -1.04. The predicted molar refractivity (Wildman–Crippen MR) is 83.5 cm³/mol. The molecule has 0 aliphatic rings. The van der Waals surface area contributed by atoms with E-state index in [1.54, 1.807) is 27.7 Å². The summed E-state index contributed by atoms with van der Waals surface area (Å²) in [6.45, 7) is 7.01. The van der Waals surface area contributed by atoms with E-state index >= 15 is 0 Å².